The minimum Gasteiger partial charge on any atom is -0.383 e. The molecule has 0 bridgehead atoms. The Kier molecular flexibility index (Phi) is 4.36. The van der Waals surface area contributed by atoms with E-state index in [-0.39, 0.29) is 0 Å². The van der Waals surface area contributed by atoms with Crippen LogP contribution in [0.15, 0.2) is 54.6 Å². The second kappa shape index (κ2) is 6.82. The van der Waals surface area contributed by atoms with E-state index in [9.17, 15) is 5.26 Å². The Morgan fingerprint density at radius 1 is 1.08 bits per heavy atom. The first-order chi connectivity index (χ1) is 12.7. The summed E-state index contributed by atoms with van der Waals surface area (Å²) in [6, 6.07) is 20.4. The smallest absolute Gasteiger partial charge is 0.142 e. The summed E-state index contributed by atoms with van der Waals surface area (Å²) in [6.45, 7) is 0. The Hall–Kier alpha value is -2.83. The second-order valence-corrected chi connectivity index (χ2v) is 7.08. The van der Waals surface area contributed by atoms with Crippen LogP contribution in [0.1, 0.15) is 34.7 Å². The third-order valence-corrected chi connectivity index (χ3v) is 5.36. The second-order valence-electron chi connectivity index (χ2n) is 6.64. The van der Waals surface area contributed by atoms with Crippen molar-refractivity contribution in [2.24, 2.45) is 0 Å². The van der Waals surface area contributed by atoms with Crippen molar-refractivity contribution in [3.63, 3.8) is 0 Å². The highest BCUT2D eigenvalue weighted by Gasteiger charge is 2.27. The van der Waals surface area contributed by atoms with E-state index < -0.39 is 0 Å². The summed E-state index contributed by atoms with van der Waals surface area (Å²) in [5.41, 5.74) is 11.9. The largest absolute Gasteiger partial charge is 0.383 e. The number of benzene rings is 2. The van der Waals surface area contributed by atoms with Crippen LogP contribution >= 0.6 is 11.6 Å². The lowest BCUT2D eigenvalue weighted by Crippen LogP contribution is -2.17. The van der Waals surface area contributed by atoms with E-state index in [1.54, 1.807) is 0 Å². The molecule has 2 aromatic carbocycles. The van der Waals surface area contributed by atoms with Crippen molar-refractivity contribution < 1.29 is 0 Å². The third-order valence-electron chi connectivity index (χ3n) is 5.11. The highest BCUT2D eigenvalue weighted by molar-refractivity contribution is 6.30. The van der Waals surface area contributed by atoms with Crippen LogP contribution in [-0.4, -0.2) is 4.98 Å². The van der Waals surface area contributed by atoms with Crippen molar-refractivity contribution in [3.8, 4) is 17.2 Å². The fraction of sp³-hybridized carbons (Fsp3) is 0.182. The molecule has 26 heavy (non-hydrogen) atoms. The van der Waals surface area contributed by atoms with Crippen molar-refractivity contribution in [2.75, 3.05) is 5.73 Å². The average Bonchev–Trinajstić information content (AvgIpc) is 2.68. The number of hydrogen-bond acceptors (Lipinski definition) is 3. The van der Waals surface area contributed by atoms with Gasteiger partial charge in [0.1, 0.15) is 17.5 Å². The summed E-state index contributed by atoms with van der Waals surface area (Å²) in [5.74, 6) is 0.737. The van der Waals surface area contributed by atoms with Crippen LogP contribution in [0.25, 0.3) is 11.1 Å². The van der Waals surface area contributed by atoms with Crippen LogP contribution in [0.5, 0.6) is 0 Å². The molecule has 0 amide bonds. The predicted molar refractivity (Wildman–Crippen MR) is 105 cm³/mol. The Balaban J connectivity index is 1.87. The molecule has 3 aromatic rings. The van der Waals surface area contributed by atoms with Crippen LogP contribution in [0.3, 0.4) is 0 Å². The van der Waals surface area contributed by atoms with Gasteiger partial charge >= 0.3 is 0 Å². The van der Waals surface area contributed by atoms with E-state index in [0.717, 1.165) is 41.6 Å². The van der Waals surface area contributed by atoms with Crippen LogP contribution in [0.2, 0.25) is 5.02 Å². The SMILES string of the molecule is N#Cc1c(N)nc2c(c1-c1ccc(Cl)cc1)CC(c1ccccc1)CC2. The van der Waals surface area contributed by atoms with Crippen molar-refractivity contribution in [1.29, 1.82) is 5.26 Å². The number of pyridine rings is 1. The number of halogens is 1. The quantitative estimate of drug-likeness (QED) is 0.690. The normalized spacial score (nSPS) is 15.9. The maximum atomic E-state index is 9.70. The molecule has 1 unspecified atom stereocenters. The number of rotatable bonds is 2. The van der Waals surface area contributed by atoms with Gasteiger partial charge in [0.2, 0.25) is 0 Å². The number of nitrogen functional groups attached to an aromatic ring is 1. The van der Waals surface area contributed by atoms with Crippen molar-refractivity contribution in [2.45, 2.75) is 25.2 Å². The molecule has 1 aliphatic carbocycles. The number of nitrogens with two attached hydrogens (primary N) is 1. The van der Waals surface area contributed by atoms with Crippen LogP contribution in [0.4, 0.5) is 5.82 Å². The summed E-state index contributed by atoms with van der Waals surface area (Å²) < 4.78 is 0. The molecule has 0 saturated heterocycles. The maximum absolute atomic E-state index is 9.70. The minimum atomic E-state index is 0.314. The Bertz CT molecular complexity index is 989. The van der Waals surface area contributed by atoms with Gasteiger partial charge in [-0.25, -0.2) is 4.98 Å². The lowest BCUT2D eigenvalue weighted by atomic mass is 9.78. The van der Waals surface area contributed by atoms with E-state index in [4.69, 9.17) is 17.3 Å². The fourth-order valence-corrected chi connectivity index (χ4v) is 3.96. The lowest BCUT2D eigenvalue weighted by Gasteiger charge is -2.27. The first kappa shape index (κ1) is 16.6. The minimum absolute atomic E-state index is 0.314. The molecule has 0 spiro atoms. The lowest BCUT2D eigenvalue weighted by molar-refractivity contribution is 0.576. The Morgan fingerprint density at radius 3 is 2.50 bits per heavy atom. The highest BCUT2D eigenvalue weighted by atomic mass is 35.5. The molecule has 4 heteroatoms. The van der Waals surface area contributed by atoms with Crippen LogP contribution < -0.4 is 5.73 Å². The van der Waals surface area contributed by atoms with E-state index in [1.165, 1.54) is 5.56 Å². The first-order valence-corrected chi connectivity index (χ1v) is 9.07. The van der Waals surface area contributed by atoms with Gasteiger partial charge in [0.25, 0.3) is 0 Å². The van der Waals surface area contributed by atoms with Gasteiger partial charge in [-0.05, 0) is 54.0 Å². The Labute approximate surface area is 158 Å². The van der Waals surface area contributed by atoms with Crippen molar-refractivity contribution in [1.82, 2.24) is 4.98 Å². The summed E-state index contributed by atoms with van der Waals surface area (Å²) in [5, 5.41) is 10.4. The van der Waals surface area contributed by atoms with Gasteiger partial charge in [0, 0.05) is 16.3 Å². The molecule has 4 rings (SSSR count). The van der Waals surface area contributed by atoms with Gasteiger partial charge < -0.3 is 5.73 Å². The van der Waals surface area contributed by atoms with Crippen LogP contribution in [0, 0.1) is 11.3 Å². The predicted octanol–water partition coefficient (Wildman–Crippen LogP) is 5.13. The number of aryl methyl sites for hydroxylation is 1. The molecule has 1 aromatic heterocycles. The topological polar surface area (TPSA) is 62.7 Å². The maximum Gasteiger partial charge on any atom is 0.142 e. The van der Waals surface area contributed by atoms with Gasteiger partial charge in [-0.3, -0.25) is 0 Å². The molecular weight excluding hydrogens is 342 g/mol. The molecule has 3 nitrogen and oxygen atoms in total. The van der Waals surface area contributed by atoms with Gasteiger partial charge in [-0.15, -0.1) is 0 Å². The van der Waals surface area contributed by atoms with E-state index in [0.29, 0.717) is 22.3 Å². The standard InChI is InChI=1S/C22H18ClN3/c23-17-9-6-15(7-10-17)21-18-12-16(14-4-2-1-3-5-14)8-11-20(18)26-22(25)19(21)13-24/h1-7,9-10,16H,8,11-12H2,(H2,25,26). The van der Waals surface area contributed by atoms with E-state index in [2.05, 4.69) is 35.3 Å². The highest BCUT2D eigenvalue weighted by Crippen LogP contribution is 2.40. The zero-order chi connectivity index (χ0) is 18.1. The number of nitriles is 1. The van der Waals surface area contributed by atoms with Gasteiger partial charge in [-0.1, -0.05) is 54.1 Å². The number of hydrogen-bond donors (Lipinski definition) is 1. The molecule has 1 aliphatic rings. The van der Waals surface area contributed by atoms with Gasteiger partial charge in [0.05, 0.1) is 0 Å². The van der Waals surface area contributed by atoms with Gasteiger partial charge in [0.15, 0.2) is 0 Å². The molecule has 0 fully saturated rings. The fourth-order valence-electron chi connectivity index (χ4n) is 3.84. The molecule has 0 aliphatic heterocycles. The summed E-state index contributed by atoms with van der Waals surface area (Å²) in [4.78, 5) is 4.55. The Morgan fingerprint density at radius 2 is 1.81 bits per heavy atom. The van der Waals surface area contributed by atoms with Crippen molar-refractivity contribution in [3.05, 3.63) is 82.0 Å². The zero-order valence-electron chi connectivity index (χ0n) is 14.2. The molecule has 1 atom stereocenters. The number of fused-ring (bicyclic) bond motifs is 1. The third kappa shape index (κ3) is 2.94. The molecule has 0 saturated carbocycles. The number of nitrogens with zero attached hydrogens (tertiary/aromatic N) is 2. The molecular formula is C22H18ClN3. The molecule has 1 heterocycles. The van der Waals surface area contributed by atoms with Gasteiger partial charge in [-0.2, -0.15) is 5.26 Å². The summed E-state index contributed by atoms with van der Waals surface area (Å²) in [7, 11) is 0. The summed E-state index contributed by atoms with van der Waals surface area (Å²) in [6.07, 6.45) is 2.76. The molecule has 128 valence electrons. The monoisotopic (exact) mass is 359 g/mol. The summed E-state index contributed by atoms with van der Waals surface area (Å²) >= 11 is 6.05. The van der Waals surface area contributed by atoms with E-state index >= 15 is 0 Å². The molecule has 0 radical (unpaired) electrons. The first-order valence-electron chi connectivity index (χ1n) is 8.69. The van der Waals surface area contributed by atoms with Crippen LogP contribution in [-0.2, 0) is 12.8 Å². The average molecular weight is 360 g/mol. The molecule has 2 N–H and O–H groups in total. The zero-order valence-corrected chi connectivity index (χ0v) is 15.0. The van der Waals surface area contributed by atoms with Crippen molar-refractivity contribution >= 4 is 17.4 Å². The van der Waals surface area contributed by atoms with E-state index in [1.807, 2.05) is 30.3 Å². The number of aromatic nitrogens is 1. The number of anilines is 1.